The molecule has 0 saturated heterocycles. The van der Waals surface area contributed by atoms with Crippen LogP contribution in [0, 0.1) is 0 Å². The van der Waals surface area contributed by atoms with Crippen molar-refractivity contribution in [3.63, 3.8) is 0 Å². The lowest BCUT2D eigenvalue weighted by Gasteiger charge is -1.90. The number of hydrogen-bond acceptors (Lipinski definition) is 3. The van der Waals surface area contributed by atoms with Crippen molar-refractivity contribution in [1.29, 1.82) is 0 Å². The molecule has 0 aromatic carbocycles. The second-order valence-corrected chi connectivity index (χ2v) is 2.77. The molecule has 1 aliphatic carbocycles. The van der Waals surface area contributed by atoms with Gasteiger partial charge in [-0.15, -0.1) is 4.74 Å². The monoisotopic (exact) mass is 155 g/mol. The topological polar surface area (TPSA) is 55.4 Å². The van der Waals surface area contributed by atoms with Gasteiger partial charge in [0, 0.05) is 12.0 Å². The van der Waals surface area contributed by atoms with Crippen molar-refractivity contribution < 1.29 is 9.63 Å². The van der Waals surface area contributed by atoms with Gasteiger partial charge < -0.3 is 9.63 Å². The van der Waals surface area contributed by atoms with Crippen LogP contribution < -0.4 is 5.56 Å². The van der Waals surface area contributed by atoms with Crippen molar-refractivity contribution >= 4 is 0 Å². The first kappa shape index (κ1) is 6.67. The van der Waals surface area contributed by atoms with E-state index in [4.69, 9.17) is 9.63 Å². The van der Waals surface area contributed by atoms with Gasteiger partial charge in [-0.3, -0.25) is 4.79 Å². The van der Waals surface area contributed by atoms with E-state index in [-0.39, 0.29) is 12.3 Å². The summed E-state index contributed by atoms with van der Waals surface area (Å²) >= 11 is 0. The first-order valence-electron chi connectivity index (χ1n) is 3.63. The summed E-state index contributed by atoms with van der Waals surface area (Å²) in [7, 11) is 0. The summed E-state index contributed by atoms with van der Waals surface area (Å²) in [5.74, 6) is 1.14. The first-order chi connectivity index (χ1) is 5.31. The van der Waals surface area contributed by atoms with E-state index in [1.54, 1.807) is 0 Å². The predicted molar refractivity (Wildman–Crippen MR) is 37.2 cm³/mol. The summed E-state index contributed by atoms with van der Waals surface area (Å²) in [5.41, 5.74) is -0.255. The average Bonchev–Trinajstić information content (AvgIpc) is 2.76. The van der Waals surface area contributed by atoms with Gasteiger partial charge >= 0.3 is 0 Å². The molecule has 0 amide bonds. The maximum atomic E-state index is 10.9. The SMILES string of the molecule is O=c1cc(C2CC2)on1CO. The Morgan fingerprint density at radius 3 is 2.91 bits per heavy atom. The summed E-state index contributed by atoms with van der Waals surface area (Å²) in [4.78, 5) is 10.9. The van der Waals surface area contributed by atoms with Crippen molar-refractivity contribution in [2.75, 3.05) is 0 Å². The number of aliphatic hydroxyl groups is 1. The summed E-state index contributed by atoms with van der Waals surface area (Å²) in [6, 6.07) is 1.45. The van der Waals surface area contributed by atoms with E-state index in [1.807, 2.05) is 0 Å². The van der Waals surface area contributed by atoms with E-state index < -0.39 is 0 Å². The Balaban J connectivity index is 2.36. The Morgan fingerprint density at radius 1 is 1.73 bits per heavy atom. The van der Waals surface area contributed by atoms with E-state index in [2.05, 4.69) is 0 Å². The third-order valence-corrected chi connectivity index (χ3v) is 1.84. The van der Waals surface area contributed by atoms with Gasteiger partial charge in [0.2, 0.25) is 0 Å². The second-order valence-electron chi connectivity index (χ2n) is 2.77. The quantitative estimate of drug-likeness (QED) is 0.666. The summed E-state index contributed by atoms with van der Waals surface area (Å²) < 4.78 is 5.99. The van der Waals surface area contributed by atoms with Crippen molar-refractivity contribution in [1.82, 2.24) is 4.74 Å². The van der Waals surface area contributed by atoms with Gasteiger partial charge in [-0.2, -0.15) is 0 Å². The molecule has 1 heterocycles. The van der Waals surface area contributed by atoms with E-state index in [0.29, 0.717) is 11.7 Å². The Bertz CT molecular complexity index is 308. The van der Waals surface area contributed by atoms with E-state index in [0.717, 1.165) is 17.6 Å². The first-order valence-corrected chi connectivity index (χ1v) is 3.63. The van der Waals surface area contributed by atoms with Crippen LogP contribution in [0.2, 0.25) is 0 Å². The molecule has 60 valence electrons. The van der Waals surface area contributed by atoms with Crippen LogP contribution in [-0.4, -0.2) is 9.85 Å². The molecule has 1 saturated carbocycles. The van der Waals surface area contributed by atoms with Crippen LogP contribution in [0.4, 0.5) is 0 Å². The summed E-state index contributed by atoms with van der Waals surface area (Å²) in [5, 5.41) is 8.60. The number of nitrogens with zero attached hydrogens (tertiary/aromatic N) is 1. The highest BCUT2D eigenvalue weighted by molar-refractivity contribution is 5.08. The van der Waals surface area contributed by atoms with Crippen LogP contribution in [0.15, 0.2) is 15.4 Å². The molecule has 4 nitrogen and oxygen atoms in total. The molecule has 4 heteroatoms. The Hall–Kier alpha value is -1.03. The van der Waals surface area contributed by atoms with Crippen molar-refractivity contribution in [3.8, 4) is 0 Å². The minimum atomic E-state index is -0.369. The van der Waals surface area contributed by atoms with Crippen molar-refractivity contribution in [2.45, 2.75) is 25.5 Å². The zero-order valence-electron chi connectivity index (χ0n) is 5.99. The molecule has 1 aromatic heterocycles. The van der Waals surface area contributed by atoms with Crippen molar-refractivity contribution in [2.24, 2.45) is 0 Å². The largest absolute Gasteiger partial charge is 0.378 e. The lowest BCUT2D eigenvalue weighted by atomic mass is 10.3. The van der Waals surface area contributed by atoms with E-state index in [1.165, 1.54) is 6.07 Å². The maximum absolute atomic E-state index is 10.9. The van der Waals surface area contributed by atoms with Crippen LogP contribution in [-0.2, 0) is 6.73 Å². The van der Waals surface area contributed by atoms with E-state index >= 15 is 0 Å². The highest BCUT2D eigenvalue weighted by Crippen LogP contribution is 2.39. The standard InChI is InChI=1S/C7H9NO3/c9-4-8-7(10)3-6(11-8)5-1-2-5/h3,5,9H,1-2,4H2. The molecule has 0 atom stereocenters. The number of aliphatic hydroxyl groups excluding tert-OH is 1. The highest BCUT2D eigenvalue weighted by Gasteiger charge is 2.28. The molecule has 0 unspecified atom stereocenters. The molecular formula is C7H9NO3. The molecule has 0 bridgehead atoms. The summed E-state index contributed by atoms with van der Waals surface area (Å²) in [6.07, 6.45) is 2.19. The van der Waals surface area contributed by atoms with Crippen molar-refractivity contribution in [3.05, 3.63) is 22.2 Å². The van der Waals surface area contributed by atoms with Gasteiger partial charge in [-0.1, -0.05) is 0 Å². The molecule has 0 aliphatic heterocycles. The van der Waals surface area contributed by atoms with Gasteiger partial charge in [0.05, 0.1) is 0 Å². The van der Waals surface area contributed by atoms with E-state index in [9.17, 15) is 4.79 Å². The molecule has 2 rings (SSSR count). The van der Waals surface area contributed by atoms with Crippen LogP contribution in [0.3, 0.4) is 0 Å². The van der Waals surface area contributed by atoms with Gasteiger partial charge in [0.25, 0.3) is 5.56 Å². The third kappa shape index (κ3) is 1.09. The molecule has 1 aliphatic rings. The molecular weight excluding hydrogens is 146 g/mol. The van der Waals surface area contributed by atoms with Crippen LogP contribution >= 0.6 is 0 Å². The lowest BCUT2D eigenvalue weighted by molar-refractivity contribution is 0.0978. The Morgan fingerprint density at radius 2 is 2.45 bits per heavy atom. The molecule has 0 radical (unpaired) electrons. The smallest absolute Gasteiger partial charge is 0.284 e. The van der Waals surface area contributed by atoms with Crippen LogP contribution in [0.25, 0.3) is 0 Å². The van der Waals surface area contributed by atoms with Crippen LogP contribution in [0.1, 0.15) is 24.5 Å². The minimum absolute atomic E-state index is 0.255. The number of rotatable bonds is 2. The zero-order valence-corrected chi connectivity index (χ0v) is 5.99. The van der Waals surface area contributed by atoms with Gasteiger partial charge in [-0.05, 0) is 12.8 Å². The Kier molecular flexibility index (Phi) is 1.35. The number of aromatic nitrogens is 1. The fraction of sp³-hybridized carbons (Fsp3) is 0.571. The average molecular weight is 155 g/mol. The zero-order chi connectivity index (χ0) is 7.84. The molecule has 11 heavy (non-hydrogen) atoms. The van der Waals surface area contributed by atoms with Crippen LogP contribution in [0.5, 0.6) is 0 Å². The Labute approximate surface area is 63.0 Å². The predicted octanol–water partition coefficient (Wildman–Crippen LogP) is 0.269. The molecule has 0 spiro atoms. The third-order valence-electron chi connectivity index (χ3n) is 1.84. The molecule has 1 fully saturated rings. The summed E-state index contributed by atoms with van der Waals surface area (Å²) in [6.45, 7) is -0.369. The normalized spacial score (nSPS) is 17.2. The number of hydrogen-bond donors (Lipinski definition) is 1. The molecule has 1 aromatic rings. The minimum Gasteiger partial charge on any atom is -0.378 e. The highest BCUT2D eigenvalue weighted by atomic mass is 16.5. The van der Waals surface area contributed by atoms with Gasteiger partial charge in [-0.25, -0.2) is 0 Å². The fourth-order valence-electron chi connectivity index (χ4n) is 1.05. The maximum Gasteiger partial charge on any atom is 0.284 e. The fourth-order valence-corrected chi connectivity index (χ4v) is 1.05. The lowest BCUT2D eigenvalue weighted by Crippen LogP contribution is -2.12. The molecule has 1 N–H and O–H groups in total. The van der Waals surface area contributed by atoms with Gasteiger partial charge in [0.1, 0.15) is 5.76 Å². The second kappa shape index (κ2) is 2.23. The van der Waals surface area contributed by atoms with Gasteiger partial charge in [0.15, 0.2) is 6.73 Å².